The highest BCUT2D eigenvalue weighted by Crippen LogP contribution is 2.24. The van der Waals surface area contributed by atoms with E-state index in [-0.39, 0.29) is 10.4 Å². The van der Waals surface area contributed by atoms with Crippen LogP contribution < -0.4 is 9.62 Å². The molecule has 1 aromatic rings. The molecule has 0 fully saturated rings. The van der Waals surface area contributed by atoms with Gasteiger partial charge in [0.05, 0.1) is 11.9 Å². The second-order valence-electron chi connectivity index (χ2n) is 6.59. The summed E-state index contributed by atoms with van der Waals surface area (Å²) >= 11 is 1.66. The fraction of sp³-hybridized carbons (Fsp3) is 0.562. The summed E-state index contributed by atoms with van der Waals surface area (Å²) in [6.07, 6.45) is 0.910. The van der Waals surface area contributed by atoms with Crippen LogP contribution in [0.25, 0.3) is 0 Å². The fourth-order valence-electron chi connectivity index (χ4n) is 2.11. The SMILES string of the molecule is C[C@H](C(=O)NCCSC(C)(C)C)N(c1ccc(F)c(F)c1)S(C)(=O)=O. The van der Waals surface area contributed by atoms with Gasteiger partial charge in [-0.15, -0.1) is 0 Å². The second kappa shape index (κ2) is 8.35. The summed E-state index contributed by atoms with van der Waals surface area (Å²) in [7, 11) is -3.87. The molecule has 0 radical (unpaired) electrons. The number of carbonyl (C=O) groups is 1. The van der Waals surface area contributed by atoms with Crippen LogP contribution in [0.2, 0.25) is 0 Å². The van der Waals surface area contributed by atoms with E-state index in [1.165, 1.54) is 6.92 Å². The number of sulfonamides is 1. The Labute approximate surface area is 152 Å². The van der Waals surface area contributed by atoms with Crippen molar-refractivity contribution in [2.45, 2.75) is 38.5 Å². The lowest BCUT2D eigenvalue weighted by Gasteiger charge is -2.28. The Bertz CT molecular complexity index is 719. The van der Waals surface area contributed by atoms with Crippen LogP contribution in [0.5, 0.6) is 0 Å². The van der Waals surface area contributed by atoms with Crippen LogP contribution in [0.1, 0.15) is 27.7 Å². The summed E-state index contributed by atoms with van der Waals surface area (Å²) in [6, 6.07) is 1.61. The zero-order valence-corrected chi connectivity index (χ0v) is 16.6. The van der Waals surface area contributed by atoms with Crippen LogP contribution in [0.4, 0.5) is 14.5 Å². The lowest BCUT2D eigenvalue weighted by Crippen LogP contribution is -2.48. The maximum atomic E-state index is 13.5. The lowest BCUT2D eigenvalue weighted by atomic mass is 10.2. The fourth-order valence-corrected chi connectivity index (χ4v) is 4.09. The van der Waals surface area contributed by atoms with E-state index >= 15 is 0 Å². The minimum atomic E-state index is -3.87. The number of carbonyl (C=O) groups excluding carboxylic acids is 1. The highest BCUT2D eigenvalue weighted by Gasteiger charge is 2.29. The Morgan fingerprint density at radius 1 is 1.28 bits per heavy atom. The smallest absolute Gasteiger partial charge is 0.243 e. The van der Waals surface area contributed by atoms with Crippen LogP contribution in [-0.4, -0.2) is 43.7 Å². The zero-order chi connectivity index (χ0) is 19.4. The van der Waals surface area contributed by atoms with Crippen molar-refractivity contribution in [2.75, 3.05) is 22.9 Å². The predicted molar refractivity (Wildman–Crippen MR) is 98.4 cm³/mol. The third kappa shape index (κ3) is 6.81. The first-order valence-electron chi connectivity index (χ1n) is 7.69. The van der Waals surface area contributed by atoms with Gasteiger partial charge in [0.2, 0.25) is 15.9 Å². The minimum Gasteiger partial charge on any atom is -0.353 e. The van der Waals surface area contributed by atoms with E-state index in [1.807, 2.05) is 0 Å². The Kier molecular flexibility index (Phi) is 7.25. The number of hydrogen-bond donors (Lipinski definition) is 1. The monoisotopic (exact) mass is 394 g/mol. The molecule has 0 aliphatic carbocycles. The number of halogens is 2. The van der Waals surface area contributed by atoms with Gasteiger partial charge in [-0.1, -0.05) is 20.8 Å². The van der Waals surface area contributed by atoms with E-state index in [4.69, 9.17) is 0 Å². The molecule has 0 aromatic heterocycles. The van der Waals surface area contributed by atoms with Crippen molar-refractivity contribution in [2.24, 2.45) is 0 Å². The number of thioether (sulfide) groups is 1. The molecule has 0 heterocycles. The molecule has 1 amide bonds. The summed E-state index contributed by atoms with van der Waals surface area (Å²) in [6.45, 7) is 7.93. The molecule has 142 valence electrons. The van der Waals surface area contributed by atoms with Crippen molar-refractivity contribution < 1.29 is 22.0 Å². The molecule has 1 atom stereocenters. The molecule has 1 aromatic carbocycles. The first-order chi connectivity index (χ1) is 11.3. The van der Waals surface area contributed by atoms with Gasteiger partial charge in [-0.3, -0.25) is 9.10 Å². The predicted octanol–water partition coefficient (Wildman–Crippen LogP) is 2.77. The maximum absolute atomic E-state index is 13.5. The van der Waals surface area contributed by atoms with Gasteiger partial charge in [-0.2, -0.15) is 11.8 Å². The van der Waals surface area contributed by atoms with Crippen molar-refractivity contribution in [3.05, 3.63) is 29.8 Å². The second-order valence-corrected chi connectivity index (χ2v) is 10.4. The van der Waals surface area contributed by atoms with Gasteiger partial charge in [-0.25, -0.2) is 17.2 Å². The van der Waals surface area contributed by atoms with E-state index in [2.05, 4.69) is 26.1 Å². The van der Waals surface area contributed by atoms with Gasteiger partial charge in [0.1, 0.15) is 6.04 Å². The highest BCUT2D eigenvalue weighted by molar-refractivity contribution is 8.00. The van der Waals surface area contributed by atoms with Crippen molar-refractivity contribution in [3.63, 3.8) is 0 Å². The lowest BCUT2D eigenvalue weighted by molar-refractivity contribution is -0.121. The summed E-state index contributed by atoms with van der Waals surface area (Å²) in [5.41, 5.74) is -0.104. The summed E-state index contributed by atoms with van der Waals surface area (Å²) in [4.78, 5) is 12.3. The van der Waals surface area contributed by atoms with Crippen molar-refractivity contribution in [1.82, 2.24) is 5.32 Å². The molecular weight excluding hydrogens is 370 g/mol. The molecule has 0 unspecified atom stereocenters. The molecule has 0 saturated heterocycles. The van der Waals surface area contributed by atoms with Gasteiger partial charge in [0.15, 0.2) is 11.6 Å². The number of benzene rings is 1. The average Bonchev–Trinajstić information content (AvgIpc) is 2.44. The third-order valence-corrected chi connectivity index (χ3v) is 5.70. The molecule has 0 aliphatic rings. The highest BCUT2D eigenvalue weighted by atomic mass is 32.2. The molecule has 1 N–H and O–H groups in total. The number of hydrogen-bond acceptors (Lipinski definition) is 4. The Hall–Kier alpha value is -1.35. The number of rotatable bonds is 7. The van der Waals surface area contributed by atoms with Crippen LogP contribution in [-0.2, 0) is 14.8 Å². The molecule has 0 bridgehead atoms. The first-order valence-corrected chi connectivity index (χ1v) is 10.5. The zero-order valence-electron chi connectivity index (χ0n) is 15.0. The molecule has 9 heteroatoms. The molecule has 5 nitrogen and oxygen atoms in total. The van der Waals surface area contributed by atoms with E-state index in [0.717, 1.165) is 28.8 Å². The molecule has 1 rings (SSSR count). The molecule has 25 heavy (non-hydrogen) atoms. The average molecular weight is 395 g/mol. The van der Waals surface area contributed by atoms with Crippen LogP contribution >= 0.6 is 11.8 Å². The van der Waals surface area contributed by atoms with Crippen LogP contribution in [0, 0.1) is 11.6 Å². The number of nitrogens with zero attached hydrogens (tertiary/aromatic N) is 1. The largest absolute Gasteiger partial charge is 0.353 e. The normalized spacial score (nSPS) is 13.4. The Morgan fingerprint density at radius 3 is 2.36 bits per heavy atom. The van der Waals surface area contributed by atoms with Crippen molar-refractivity contribution >= 4 is 33.4 Å². The standard InChI is InChI=1S/C16H24F2N2O3S2/c1-11(15(21)19-8-9-24-16(2,3)4)20(25(5,22)23)12-6-7-13(17)14(18)10-12/h6-7,10-11H,8-9H2,1-5H3,(H,19,21)/t11-/m1/s1. The van der Waals surface area contributed by atoms with Crippen LogP contribution in [0.15, 0.2) is 18.2 Å². The molecular formula is C16H24F2N2O3S2. The Morgan fingerprint density at radius 2 is 1.88 bits per heavy atom. The van der Waals surface area contributed by atoms with Gasteiger partial charge < -0.3 is 5.32 Å². The van der Waals surface area contributed by atoms with Gasteiger partial charge in [0.25, 0.3) is 0 Å². The summed E-state index contributed by atoms with van der Waals surface area (Å²) in [5.74, 6) is -2.11. The van der Waals surface area contributed by atoms with E-state index in [9.17, 15) is 22.0 Å². The minimum absolute atomic E-state index is 0.0563. The van der Waals surface area contributed by atoms with Gasteiger partial charge in [0, 0.05) is 23.1 Å². The number of anilines is 1. The van der Waals surface area contributed by atoms with Crippen molar-refractivity contribution in [3.8, 4) is 0 Å². The van der Waals surface area contributed by atoms with Crippen molar-refractivity contribution in [1.29, 1.82) is 0 Å². The van der Waals surface area contributed by atoms with Gasteiger partial charge in [-0.05, 0) is 19.1 Å². The Balaban J connectivity index is 2.89. The van der Waals surface area contributed by atoms with E-state index < -0.39 is 33.6 Å². The molecule has 0 aliphatic heterocycles. The summed E-state index contributed by atoms with van der Waals surface area (Å²) in [5, 5.41) is 2.67. The molecule has 0 spiro atoms. The third-order valence-electron chi connectivity index (χ3n) is 3.18. The summed E-state index contributed by atoms with van der Waals surface area (Å²) < 4.78 is 51.5. The number of amides is 1. The molecule has 0 saturated carbocycles. The van der Waals surface area contributed by atoms with Crippen LogP contribution in [0.3, 0.4) is 0 Å². The topological polar surface area (TPSA) is 66.5 Å². The maximum Gasteiger partial charge on any atom is 0.243 e. The first kappa shape index (κ1) is 21.7. The van der Waals surface area contributed by atoms with E-state index in [0.29, 0.717) is 12.3 Å². The van der Waals surface area contributed by atoms with Gasteiger partial charge >= 0.3 is 0 Å². The number of nitrogens with one attached hydrogen (secondary N) is 1. The quantitative estimate of drug-likeness (QED) is 0.722. The van der Waals surface area contributed by atoms with E-state index in [1.54, 1.807) is 11.8 Å².